The van der Waals surface area contributed by atoms with Crippen LogP contribution < -0.4 is 5.32 Å². The second kappa shape index (κ2) is 9.12. The van der Waals surface area contributed by atoms with Crippen molar-refractivity contribution in [3.63, 3.8) is 0 Å². The molecular formula is C24H23NO6S. The Hall–Kier alpha value is -3.20. The van der Waals surface area contributed by atoms with Crippen LogP contribution in [-0.4, -0.2) is 46.6 Å². The van der Waals surface area contributed by atoms with Crippen LogP contribution in [0.3, 0.4) is 0 Å². The highest BCUT2D eigenvalue weighted by atomic mass is 32.1. The summed E-state index contributed by atoms with van der Waals surface area (Å²) in [6.45, 7) is 1.56. The van der Waals surface area contributed by atoms with Gasteiger partial charge in [-0.25, -0.2) is 9.59 Å². The van der Waals surface area contributed by atoms with Crippen LogP contribution in [0.1, 0.15) is 43.3 Å². The minimum absolute atomic E-state index is 0.0770. The molecule has 0 saturated heterocycles. The summed E-state index contributed by atoms with van der Waals surface area (Å²) < 4.78 is 5.42. The highest BCUT2D eigenvalue weighted by Crippen LogP contribution is 2.44. The molecule has 2 aromatic carbocycles. The van der Waals surface area contributed by atoms with Crippen LogP contribution in [0, 0.1) is 6.92 Å². The van der Waals surface area contributed by atoms with Gasteiger partial charge in [0.15, 0.2) is 0 Å². The van der Waals surface area contributed by atoms with Crippen LogP contribution in [0.15, 0.2) is 54.6 Å². The van der Waals surface area contributed by atoms with E-state index in [0.29, 0.717) is 10.4 Å². The summed E-state index contributed by atoms with van der Waals surface area (Å²) in [5, 5.41) is 32.2. The molecule has 8 heteroatoms. The van der Waals surface area contributed by atoms with Crippen LogP contribution in [0.5, 0.6) is 0 Å². The number of fused-ring (bicyclic) bond motifs is 3. The molecule has 0 saturated carbocycles. The molecule has 0 bridgehead atoms. The number of carbonyl (C=O) groups excluding carboxylic acids is 1. The number of benzene rings is 2. The normalized spacial score (nSPS) is 14.3. The average molecular weight is 454 g/mol. The Labute approximate surface area is 188 Å². The van der Waals surface area contributed by atoms with Crippen LogP contribution in [0.4, 0.5) is 4.79 Å². The number of thiophene rings is 1. The predicted octanol–water partition coefficient (Wildman–Crippen LogP) is 3.69. The molecule has 7 nitrogen and oxygen atoms in total. The number of aliphatic hydroxyl groups is 2. The molecule has 0 fully saturated rings. The number of carboxylic acid groups (broad SMARTS) is 1. The fourth-order valence-electron chi connectivity index (χ4n) is 4.02. The molecule has 4 rings (SSSR count). The van der Waals surface area contributed by atoms with Gasteiger partial charge in [-0.3, -0.25) is 0 Å². The number of carbonyl (C=O) groups is 2. The Morgan fingerprint density at radius 1 is 1.06 bits per heavy atom. The molecule has 0 spiro atoms. The number of aryl methyl sites for hydroxylation is 1. The molecule has 1 aromatic heterocycles. The van der Waals surface area contributed by atoms with Gasteiger partial charge in [0.1, 0.15) is 23.7 Å². The molecule has 1 aliphatic rings. The Kier molecular flexibility index (Phi) is 6.27. The van der Waals surface area contributed by atoms with E-state index >= 15 is 0 Å². The number of carboxylic acids is 1. The van der Waals surface area contributed by atoms with E-state index in [1.54, 1.807) is 6.92 Å². The van der Waals surface area contributed by atoms with Gasteiger partial charge in [0, 0.05) is 17.3 Å². The lowest BCUT2D eigenvalue weighted by Crippen LogP contribution is -2.36. The van der Waals surface area contributed by atoms with Crippen LogP contribution in [0.2, 0.25) is 0 Å². The summed E-state index contributed by atoms with van der Waals surface area (Å²) in [6, 6.07) is 17.5. The number of alkyl carbamates (subject to hydrolysis) is 1. The van der Waals surface area contributed by atoms with E-state index < -0.39 is 24.3 Å². The Morgan fingerprint density at radius 3 is 2.22 bits per heavy atom. The summed E-state index contributed by atoms with van der Waals surface area (Å²) in [7, 11) is 0. The van der Waals surface area contributed by atoms with Crippen LogP contribution in [-0.2, 0) is 4.74 Å². The lowest BCUT2D eigenvalue weighted by Gasteiger charge is -2.19. The minimum Gasteiger partial charge on any atom is -0.477 e. The van der Waals surface area contributed by atoms with E-state index in [4.69, 9.17) is 9.84 Å². The smallest absolute Gasteiger partial charge is 0.407 e. The number of amides is 1. The van der Waals surface area contributed by atoms with Gasteiger partial charge in [-0.15, -0.1) is 11.3 Å². The maximum Gasteiger partial charge on any atom is 0.407 e. The first-order valence-electron chi connectivity index (χ1n) is 10.2. The van der Waals surface area contributed by atoms with E-state index in [1.165, 1.54) is 6.07 Å². The summed E-state index contributed by atoms with van der Waals surface area (Å²) in [5.74, 6) is -1.17. The van der Waals surface area contributed by atoms with Crippen molar-refractivity contribution in [2.75, 3.05) is 13.2 Å². The summed E-state index contributed by atoms with van der Waals surface area (Å²) >= 11 is 0.899. The van der Waals surface area contributed by atoms with E-state index in [-0.39, 0.29) is 23.9 Å². The van der Waals surface area contributed by atoms with E-state index in [9.17, 15) is 19.8 Å². The quantitative estimate of drug-likeness (QED) is 0.434. The van der Waals surface area contributed by atoms with E-state index in [1.807, 2.05) is 48.5 Å². The first-order chi connectivity index (χ1) is 15.4. The molecule has 2 unspecified atom stereocenters. The Morgan fingerprint density at radius 2 is 1.66 bits per heavy atom. The first kappa shape index (κ1) is 22.0. The third-order valence-electron chi connectivity index (χ3n) is 5.60. The van der Waals surface area contributed by atoms with Gasteiger partial charge in [-0.2, -0.15) is 0 Å². The van der Waals surface area contributed by atoms with Crippen molar-refractivity contribution in [2.24, 2.45) is 0 Å². The molecule has 3 aromatic rings. The SMILES string of the molecule is Cc1cc(C(=O)O)sc1C(O)C(O)CNC(=O)OCC1c2ccccc2-c2ccccc21. The van der Waals surface area contributed by atoms with Gasteiger partial charge in [0.2, 0.25) is 0 Å². The number of hydrogen-bond acceptors (Lipinski definition) is 6. The maximum absolute atomic E-state index is 12.2. The second-order valence-electron chi connectivity index (χ2n) is 7.68. The fraction of sp³-hybridized carbons (Fsp3) is 0.250. The topological polar surface area (TPSA) is 116 Å². The second-order valence-corrected chi connectivity index (χ2v) is 8.77. The van der Waals surface area contributed by atoms with Gasteiger partial charge in [-0.1, -0.05) is 48.5 Å². The van der Waals surface area contributed by atoms with E-state index in [0.717, 1.165) is 33.6 Å². The van der Waals surface area contributed by atoms with Crippen molar-refractivity contribution in [3.8, 4) is 11.1 Å². The van der Waals surface area contributed by atoms with Crippen molar-refractivity contribution in [2.45, 2.75) is 25.0 Å². The Bertz CT molecular complexity index is 1110. The molecule has 1 amide bonds. The molecule has 0 aliphatic heterocycles. The van der Waals surface area contributed by atoms with Gasteiger partial charge in [0.25, 0.3) is 0 Å². The summed E-state index contributed by atoms with van der Waals surface area (Å²) in [4.78, 5) is 23.8. The van der Waals surface area contributed by atoms with Gasteiger partial charge in [-0.05, 0) is 40.8 Å². The van der Waals surface area contributed by atoms with Gasteiger partial charge >= 0.3 is 12.1 Å². The predicted molar refractivity (Wildman–Crippen MR) is 120 cm³/mol. The molecule has 1 aliphatic carbocycles. The molecule has 4 N–H and O–H groups in total. The molecule has 1 heterocycles. The highest BCUT2D eigenvalue weighted by Gasteiger charge is 2.29. The highest BCUT2D eigenvalue weighted by molar-refractivity contribution is 7.14. The molecule has 0 radical (unpaired) electrons. The zero-order valence-corrected chi connectivity index (χ0v) is 18.1. The molecule has 2 atom stereocenters. The van der Waals surface area contributed by atoms with Crippen molar-refractivity contribution in [3.05, 3.63) is 81.0 Å². The number of rotatable bonds is 7. The first-order valence-corrected chi connectivity index (χ1v) is 11.0. The fourth-order valence-corrected chi connectivity index (χ4v) is 5.08. The average Bonchev–Trinajstić information content (AvgIpc) is 3.34. The van der Waals surface area contributed by atoms with Crippen LogP contribution >= 0.6 is 11.3 Å². The minimum atomic E-state index is -1.32. The molecular weight excluding hydrogens is 430 g/mol. The monoisotopic (exact) mass is 453 g/mol. The van der Waals surface area contributed by atoms with Crippen molar-refractivity contribution >= 4 is 23.4 Å². The lowest BCUT2D eigenvalue weighted by molar-refractivity contribution is 0.0203. The number of aliphatic hydroxyl groups excluding tert-OH is 2. The maximum atomic E-state index is 12.2. The number of aromatic carboxylic acids is 1. The van der Waals surface area contributed by atoms with Gasteiger partial charge in [0.05, 0.1) is 0 Å². The van der Waals surface area contributed by atoms with Crippen molar-refractivity contribution in [1.29, 1.82) is 0 Å². The van der Waals surface area contributed by atoms with E-state index in [2.05, 4.69) is 5.32 Å². The largest absolute Gasteiger partial charge is 0.477 e. The zero-order chi connectivity index (χ0) is 22.8. The summed E-state index contributed by atoms with van der Waals surface area (Å²) in [6.07, 6.45) is -3.33. The Balaban J connectivity index is 1.34. The van der Waals surface area contributed by atoms with Crippen LogP contribution in [0.25, 0.3) is 11.1 Å². The standard InChI is InChI=1S/C24H23NO6S/c1-13-10-20(23(28)29)32-22(13)21(27)19(26)11-25-24(30)31-12-18-16-8-4-2-6-14(16)15-7-3-5-9-17(15)18/h2-10,18-19,21,26-27H,11-12H2,1H3,(H,25,30)(H,28,29). The summed E-state index contributed by atoms with van der Waals surface area (Å²) in [5.41, 5.74) is 5.02. The zero-order valence-electron chi connectivity index (χ0n) is 17.3. The lowest BCUT2D eigenvalue weighted by atomic mass is 9.98. The molecule has 166 valence electrons. The van der Waals surface area contributed by atoms with Gasteiger partial charge < -0.3 is 25.4 Å². The number of ether oxygens (including phenoxy) is 1. The number of nitrogens with one attached hydrogen (secondary N) is 1. The number of hydrogen-bond donors (Lipinski definition) is 4. The van der Waals surface area contributed by atoms with Crippen molar-refractivity contribution < 1.29 is 29.6 Å². The molecule has 32 heavy (non-hydrogen) atoms. The van der Waals surface area contributed by atoms with Crippen molar-refractivity contribution in [1.82, 2.24) is 5.32 Å². The third-order valence-corrected chi connectivity index (χ3v) is 6.90. The third kappa shape index (κ3) is 4.25.